The van der Waals surface area contributed by atoms with Gasteiger partial charge >= 0.3 is 5.63 Å². The van der Waals surface area contributed by atoms with Gasteiger partial charge in [-0.2, -0.15) is 0 Å². The van der Waals surface area contributed by atoms with Crippen molar-refractivity contribution in [2.24, 2.45) is 0 Å². The number of benzene rings is 3. The SMILES string of the molecule is COc1ccc(-c2cc(C(=O)Nc3ccc4c(C)cc(=O)oc4c3)c3ccccc3n2)cc1OC. The highest BCUT2D eigenvalue weighted by Crippen LogP contribution is 2.33. The molecule has 0 saturated carbocycles. The zero-order valence-electron chi connectivity index (χ0n) is 19.4. The first-order valence-electron chi connectivity index (χ1n) is 10.9. The summed E-state index contributed by atoms with van der Waals surface area (Å²) in [5, 5.41) is 4.46. The standard InChI is InChI=1S/C28H22N2O5/c1-16-12-27(31)35-25-14-18(9-10-19(16)25)29-28(32)21-15-23(30-22-7-5-4-6-20(21)22)17-8-11-24(33-2)26(13-17)34-3/h4-15H,1-3H3,(H,29,32). The van der Waals surface area contributed by atoms with Crippen molar-refractivity contribution < 1.29 is 18.7 Å². The number of rotatable bonds is 5. The molecule has 0 bridgehead atoms. The quantitative estimate of drug-likeness (QED) is 0.340. The van der Waals surface area contributed by atoms with Crippen LogP contribution in [0.3, 0.4) is 0 Å². The van der Waals surface area contributed by atoms with Gasteiger partial charge in [-0.3, -0.25) is 4.79 Å². The fourth-order valence-corrected chi connectivity index (χ4v) is 4.11. The predicted molar refractivity (Wildman–Crippen MR) is 135 cm³/mol. The highest BCUT2D eigenvalue weighted by atomic mass is 16.5. The van der Waals surface area contributed by atoms with Crippen molar-refractivity contribution in [3.8, 4) is 22.8 Å². The number of fused-ring (bicyclic) bond motifs is 2. The number of pyridine rings is 1. The predicted octanol–water partition coefficient (Wildman–Crippen LogP) is 5.59. The Hall–Kier alpha value is -4.65. The first-order valence-corrected chi connectivity index (χ1v) is 10.9. The Balaban J connectivity index is 1.58. The van der Waals surface area contributed by atoms with Crippen molar-refractivity contribution in [1.82, 2.24) is 4.98 Å². The third-order valence-electron chi connectivity index (χ3n) is 5.85. The Bertz CT molecular complexity index is 1660. The first-order chi connectivity index (χ1) is 17.0. The molecule has 35 heavy (non-hydrogen) atoms. The van der Waals surface area contributed by atoms with Crippen LogP contribution >= 0.6 is 0 Å². The van der Waals surface area contributed by atoms with Gasteiger partial charge in [-0.05, 0) is 55.0 Å². The molecule has 0 aliphatic heterocycles. The third kappa shape index (κ3) is 4.19. The van der Waals surface area contributed by atoms with E-state index in [4.69, 9.17) is 18.9 Å². The van der Waals surface area contributed by atoms with E-state index in [1.807, 2.05) is 49.4 Å². The number of aryl methyl sites for hydroxylation is 1. The first kappa shape index (κ1) is 22.2. The summed E-state index contributed by atoms with van der Waals surface area (Å²) in [4.78, 5) is 30.0. The molecule has 0 aliphatic carbocycles. The van der Waals surface area contributed by atoms with Crippen LogP contribution in [0.25, 0.3) is 33.1 Å². The minimum absolute atomic E-state index is 0.306. The molecule has 0 unspecified atom stereocenters. The van der Waals surface area contributed by atoms with Gasteiger partial charge in [-0.1, -0.05) is 18.2 Å². The van der Waals surface area contributed by atoms with Crippen molar-refractivity contribution in [3.05, 3.63) is 94.3 Å². The molecule has 3 aromatic carbocycles. The molecule has 1 N–H and O–H groups in total. The molecule has 0 fully saturated rings. The Morgan fingerprint density at radius 1 is 0.886 bits per heavy atom. The van der Waals surface area contributed by atoms with Gasteiger partial charge in [0.1, 0.15) is 5.58 Å². The molecule has 2 aromatic heterocycles. The highest BCUT2D eigenvalue weighted by Gasteiger charge is 2.16. The summed E-state index contributed by atoms with van der Waals surface area (Å²) in [7, 11) is 3.15. The van der Waals surface area contributed by atoms with E-state index in [9.17, 15) is 9.59 Å². The van der Waals surface area contributed by atoms with Gasteiger partial charge in [-0.15, -0.1) is 0 Å². The van der Waals surface area contributed by atoms with Crippen LogP contribution in [0.5, 0.6) is 11.5 Å². The van der Waals surface area contributed by atoms with E-state index in [-0.39, 0.29) is 5.91 Å². The van der Waals surface area contributed by atoms with Crippen LogP contribution in [0.4, 0.5) is 5.69 Å². The average Bonchev–Trinajstić information content (AvgIpc) is 2.87. The van der Waals surface area contributed by atoms with Crippen LogP contribution in [-0.4, -0.2) is 25.1 Å². The van der Waals surface area contributed by atoms with Crippen LogP contribution < -0.4 is 20.4 Å². The van der Waals surface area contributed by atoms with Gasteiger partial charge in [0.15, 0.2) is 11.5 Å². The van der Waals surface area contributed by atoms with Gasteiger partial charge < -0.3 is 19.2 Å². The molecule has 0 radical (unpaired) electrons. The van der Waals surface area contributed by atoms with Gasteiger partial charge in [0.2, 0.25) is 0 Å². The van der Waals surface area contributed by atoms with E-state index in [1.54, 1.807) is 38.5 Å². The number of hydrogen-bond acceptors (Lipinski definition) is 6. The van der Waals surface area contributed by atoms with Crippen LogP contribution in [0, 0.1) is 6.92 Å². The molecule has 0 atom stereocenters. The number of carbonyl (C=O) groups excluding carboxylic acids is 1. The van der Waals surface area contributed by atoms with Crippen LogP contribution in [0.1, 0.15) is 15.9 Å². The summed E-state index contributed by atoms with van der Waals surface area (Å²) in [6.45, 7) is 1.84. The number of carbonyl (C=O) groups is 1. The molecule has 1 amide bonds. The lowest BCUT2D eigenvalue weighted by molar-refractivity contribution is 0.102. The second-order valence-electron chi connectivity index (χ2n) is 8.06. The number of aromatic nitrogens is 1. The Labute approximate surface area is 200 Å². The van der Waals surface area contributed by atoms with E-state index in [0.717, 1.165) is 21.9 Å². The fraction of sp³-hybridized carbons (Fsp3) is 0.107. The number of para-hydroxylation sites is 1. The van der Waals surface area contributed by atoms with E-state index in [1.165, 1.54) is 6.07 Å². The van der Waals surface area contributed by atoms with Crippen molar-refractivity contribution >= 4 is 33.5 Å². The molecule has 5 aromatic rings. The van der Waals surface area contributed by atoms with E-state index in [0.29, 0.717) is 39.5 Å². The maximum atomic E-state index is 13.4. The second-order valence-corrected chi connectivity index (χ2v) is 8.06. The summed E-state index contributed by atoms with van der Waals surface area (Å²) in [5.41, 5.74) is 3.87. The van der Waals surface area contributed by atoms with E-state index < -0.39 is 5.63 Å². The minimum Gasteiger partial charge on any atom is -0.493 e. The second kappa shape index (κ2) is 8.95. The zero-order chi connectivity index (χ0) is 24.5. The number of ether oxygens (including phenoxy) is 2. The summed E-state index contributed by atoms with van der Waals surface area (Å²) in [6.07, 6.45) is 0. The van der Waals surface area contributed by atoms with Gasteiger partial charge in [0, 0.05) is 34.2 Å². The Morgan fingerprint density at radius 3 is 2.49 bits per heavy atom. The smallest absolute Gasteiger partial charge is 0.336 e. The van der Waals surface area contributed by atoms with E-state index in [2.05, 4.69) is 5.32 Å². The number of nitrogens with zero attached hydrogens (tertiary/aromatic N) is 1. The summed E-state index contributed by atoms with van der Waals surface area (Å²) in [5.74, 6) is 0.867. The van der Waals surface area contributed by atoms with Gasteiger partial charge in [-0.25, -0.2) is 9.78 Å². The number of nitrogens with one attached hydrogen (secondary N) is 1. The van der Waals surface area contributed by atoms with Crippen LogP contribution in [-0.2, 0) is 0 Å². The van der Waals surface area contributed by atoms with Crippen molar-refractivity contribution in [1.29, 1.82) is 0 Å². The monoisotopic (exact) mass is 466 g/mol. The Morgan fingerprint density at radius 2 is 1.69 bits per heavy atom. The lowest BCUT2D eigenvalue weighted by Gasteiger charge is -2.13. The molecule has 7 heteroatoms. The van der Waals surface area contributed by atoms with Crippen molar-refractivity contribution in [2.75, 3.05) is 19.5 Å². The largest absolute Gasteiger partial charge is 0.493 e. The van der Waals surface area contributed by atoms with Crippen molar-refractivity contribution in [3.63, 3.8) is 0 Å². The maximum absolute atomic E-state index is 13.4. The highest BCUT2D eigenvalue weighted by molar-refractivity contribution is 6.13. The Kier molecular flexibility index (Phi) is 5.66. The molecule has 5 rings (SSSR count). The molecule has 0 spiro atoms. The van der Waals surface area contributed by atoms with E-state index >= 15 is 0 Å². The maximum Gasteiger partial charge on any atom is 0.336 e. The molecule has 174 valence electrons. The van der Waals surface area contributed by atoms with Crippen molar-refractivity contribution in [2.45, 2.75) is 6.92 Å². The summed E-state index contributed by atoms with van der Waals surface area (Å²) in [6, 6.07) is 21.4. The minimum atomic E-state index is -0.432. The summed E-state index contributed by atoms with van der Waals surface area (Å²) < 4.78 is 16.1. The molecule has 0 aliphatic rings. The molecular weight excluding hydrogens is 444 g/mol. The van der Waals surface area contributed by atoms with Crippen LogP contribution in [0.15, 0.2) is 82.0 Å². The molecule has 2 heterocycles. The lowest BCUT2D eigenvalue weighted by atomic mass is 10.0. The number of anilines is 1. The van der Waals surface area contributed by atoms with Gasteiger partial charge in [0.25, 0.3) is 5.91 Å². The van der Waals surface area contributed by atoms with Crippen LogP contribution in [0.2, 0.25) is 0 Å². The zero-order valence-corrected chi connectivity index (χ0v) is 19.4. The topological polar surface area (TPSA) is 90.7 Å². The molecule has 7 nitrogen and oxygen atoms in total. The van der Waals surface area contributed by atoms with Gasteiger partial charge in [0.05, 0.1) is 31.0 Å². The average molecular weight is 466 g/mol. The normalized spacial score (nSPS) is 10.9. The fourth-order valence-electron chi connectivity index (χ4n) is 4.11. The number of amides is 1. The lowest BCUT2D eigenvalue weighted by Crippen LogP contribution is -2.13. The third-order valence-corrected chi connectivity index (χ3v) is 5.85. The number of hydrogen-bond donors (Lipinski definition) is 1. The summed E-state index contributed by atoms with van der Waals surface area (Å²) >= 11 is 0. The molecular formula is C28H22N2O5. The number of methoxy groups -OCH3 is 2. The molecule has 0 saturated heterocycles.